The zero-order valence-electron chi connectivity index (χ0n) is 13.2. The highest BCUT2D eigenvalue weighted by Gasteiger charge is 2.16. The lowest BCUT2D eigenvalue weighted by molar-refractivity contribution is 0.355. The molecule has 1 heterocycles. The molecule has 2 aromatic carbocycles. The normalized spacial score (nSPS) is 11.3. The number of halogens is 1. The molecule has 0 fully saturated rings. The predicted molar refractivity (Wildman–Crippen MR) is 97.2 cm³/mol. The zero-order chi connectivity index (χ0) is 16.4. The van der Waals surface area contributed by atoms with Crippen LogP contribution in [-0.2, 0) is 0 Å². The van der Waals surface area contributed by atoms with E-state index in [1.54, 1.807) is 14.2 Å². The number of fused-ring (bicyclic) bond motifs is 1. The molecule has 0 aliphatic heterocycles. The molecule has 118 valence electrons. The van der Waals surface area contributed by atoms with Crippen molar-refractivity contribution in [3.05, 3.63) is 52.5 Å². The van der Waals surface area contributed by atoms with E-state index in [2.05, 4.69) is 28.1 Å². The Kier molecular flexibility index (Phi) is 4.44. The van der Waals surface area contributed by atoms with Gasteiger partial charge in [0.05, 0.1) is 18.7 Å². The lowest BCUT2D eigenvalue weighted by Gasteiger charge is -2.08. The number of allylic oxidation sites excluding steroid dienone is 1. The van der Waals surface area contributed by atoms with Gasteiger partial charge >= 0.3 is 0 Å². The Morgan fingerprint density at radius 2 is 1.78 bits per heavy atom. The Bertz CT molecular complexity index is 878. The Morgan fingerprint density at radius 1 is 1.00 bits per heavy atom. The molecule has 0 aliphatic carbocycles. The average molecular weight is 373 g/mol. The molecule has 0 radical (unpaired) electrons. The molecular weight excluding hydrogens is 356 g/mol. The highest BCUT2D eigenvalue weighted by molar-refractivity contribution is 9.10. The quantitative estimate of drug-likeness (QED) is 0.570. The summed E-state index contributed by atoms with van der Waals surface area (Å²) >= 11 is 3.67. The van der Waals surface area contributed by atoms with Crippen LogP contribution in [0.4, 0.5) is 0 Å². The molecule has 3 nitrogen and oxygen atoms in total. The molecule has 0 N–H and O–H groups in total. The van der Waals surface area contributed by atoms with Crippen LogP contribution in [0.25, 0.3) is 28.4 Å². The van der Waals surface area contributed by atoms with Crippen molar-refractivity contribution < 1.29 is 13.9 Å². The van der Waals surface area contributed by atoms with E-state index in [1.807, 2.05) is 43.3 Å². The van der Waals surface area contributed by atoms with E-state index in [9.17, 15) is 0 Å². The number of ether oxygens (including phenoxy) is 2. The summed E-state index contributed by atoms with van der Waals surface area (Å²) < 4.78 is 17.6. The van der Waals surface area contributed by atoms with Crippen LogP contribution in [0.3, 0.4) is 0 Å². The molecule has 0 saturated heterocycles. The van der Waals surface area contributed by atoms with E-state index < -0.39 is 0 Å². The highest BCUT2D eigenvalue weighted by atomic mass is 79.9. The molecule has 0 unspecified atom stereocenters. The largest absolute Gasteiger partial charge is 0.493 e. The number of methoxy groups -OCH3 is 2. The van der Waals surface area contributed by atoms with Gasteiger partial charge in [-0.2, -0.15) is 0 Å². The summed E-state index contributed by atoms with van der Waals surface area (Å²) in [4.78, 5) is 0. The van der Waals surface area contributed by atoms with Crippen molar-refractivity contribution in [3.63, 3.8) is 0 Å². The zero-order valence-corrected chi connectivity index (χ0v) is 14.8. The first-order chi connectivity index (χ1) is 11.2. The van der Waals surface area contributed by atoms with Crippen molar-refractivity contribution in [1.82, 2.24) is 0 Å². The maximum Gasteiger partial charge on any atom is 0.161 e. The van der Waals surface area contributed by atoms with Crippen molar-refractivity contribution in [2.75, 3.05) is 14.2 Å². The van der Waals surface area contributed by atoms with Crippen LogP contribution in [0.1, 0.15) is 12.5 Å². The van der Waals surface area contributed by atoms with Crippen molar-refractivity contribution in [3.8, 4) is 22.8 Å². The maximum atomic E-state index is 6.02. The van der Waals surface area contributed by atoms with Crippen molar-refractivity contribution >= 4 is 33.0 Å². The molecular formula is C19H17BrO3. The van der Waals surface area contributed by atoms with Crippen LogP contribution in [0.5, 0.6) is 11.5 Å². The van der Waals surface area contributed by atoms with Crippen LogP contribution in [0, 0.1) is 0 Å². The minimum atomic E-state index is 0.673. The monoisotopic (exact) mass is 372 g/mol. The van der Waals surface area contributed by atoms with Crippen LogP contribution < -0.4 is 9.47 Å². The topological polar surface area (TPSA) is 31.6 Å². The number of hydrogen-bond acceptors (Lipinski definition) is 3. The Labute approximate surface area is 143 Å². The van der Waals surface area contributed by atoms with Gasteiger partial charge in [0.25, 0.3) is 0 Å². The van der Waals surface area contributed by atoms with Gasteiger partial charge in [-0.1, -0.05) is 18.2 Å². The van der Waals surface area contributed by atoms with Gasteiger partial charge in [-0.3, -0.25) is 0 Å². The molecule has 0 aliphatic rings. The van der Waals surface area contributed by atoms with Crippen LogP contribution in [0.2, 0.25) is 0 Å². The summed E-state index contributed by atoms with van der Waals surface area (Å²) in [7, 11) is 3.25. The number of furan rings is 1. The van der Waals surface area contributed by atoms with Gasteiger partial charge in [-0.15, -0.1) is 0 Å². The first-order valence-electron chi connectivity index (χ1n) is 7.25. The third-order valence-electron chi connectivity index (χ3n) is 3.66. The van der Waals surface area contributed by atoms with E-state index in [1.165, 1.54) is 0 Å². The SMILES string of the molecule is CC=Cc1ccc2oc(-c3ccc(OC)c(OC)c3)c(Br)c2c1. The summed E-state index contributed by atoms with van der Waals surface area (Å²) in [5.74, 6) is 2.14. The van der Waals surface area contributed by atoms with Gasteiger partial charge in [-0.25, -0.2) is 0 Å². The summed E-state index contributed by atoms with van der Waals surface area (Å²) in [6.07, 6.45) is 4.08. The number of benzene rings is 2. The van der Waals surface area contributed by atoms with Crippen LogP contribution in [0.15, 0.2) is 51.4 Å². The minimum absolute atomic E-state index is 0.673. The predicted octanol–water partition coefficient (Wildman–Crippen LogP) is 5.91. The molecule has 0 spiro atoms. The van der Waals surface area contributed by atoms with Gasteiger partial charge < -0.3 is 13.9 Å². The average Bonchev–Trinajstić information content (AvgIpc) is 2.91. The summed E-state index contributed by atoms with van der Waals surface area (Å²) in [6, 6.07) is 11.9. The first kappa shape index (κ1) is 15.7. The van der Waals surface area contributed by atoms with E-state index in [0.717, 1.165) is 32.3 Å². The van der Waals surface area contributed by atoms with Crippen molar-refractivity contribution in [2.24, 2.45) is 0 Å². The Morgan fingerprint density at radius 3 is 2.48 bits per heavy atom. The molecule has 3 aromatic rings. The number of hydrogen-bond donors (Lipinski definition) is 0. The second-order valence-corrected chi connectivity index (χ2v) is 5.86. The van der Waals surface area contributed by atoms with Gasteiger partial charge in [-0.05, 0) is 58.7 Å². The van der Waals surface area contributed by atoms with E-state index in [0.29, 0.717) is 11.5 Å². The molecule has 23 heavy (non-hydrogen) atoms. The maximum absolute atomic E-state index is 6.02. The van der Waals surface area contributed by atoms with Gasteiger partial charge in [0.2, 0.25) is 0 Å². The third kappa shape index (κ3) is 2.86. The molecule has 0 bridgehead atoms. The van der Waals surface area contributed by atoms with Crippen molar-refractivity contribution in [2.45, 2.75) is 6.92 Å². The second kappa shape index (κ2) is 6.50. The molecule has 0 saturated carbocycles. The first-order valence-corrected chi connectivity index (χ1v) is 8.04. The minimum Gasteiger partial charge on any atom is -0.493 e. The van der Waals surface area contributed by atoms with Gasteiger partial charge in [0, 0.05) is 10.9 Å². The third-order valence-corrected chi connectivity index (χ3v) is 4.44. The Balaban J connectivity index is 2.15. The fourth-order valence-electron chi connectivity index (χ4n) is 2.54. The molecule has 0 atom stereocenters. The van der Waals surface area contributed by atoms with E-state index in [-0.39, 0.29) is 0 Å². The Hall–Kier alpha value is -2.20. The summed E-state index contributed by atoms with van der Waals surface area (Å²) in [5.41, 5.74) is 2.91. The fraction of sp³-hybridized carbons (Fsp3) is 0.158. The van der Waals surface area contributed by atoms with Crippen molar-refractivity contribution in [1.29, 1.82) is 0 Å². The molecule has 3 rings (SSSR count). The van der Waals surface area contributed by atoms with E-state index in [4.69, 9.17) is 13.9 Å². The smallest absolute Gasteiger partial charge is 0.161 e. The fourth-order valence-corrected chi connectivity index (χ4v) is 3.16. The molecule has 1 aromatic heterocycles. The number of rotatable bonds is 4. The lowest BCUT2D eigenvalue weighted by atomic mass is 10.1. The van der Waals surface area contributed by atoms with Gasteiger partial charge in [0.1, 0.15) is 11.3 Å². The van der Waals surface area contributed by atoms with Crippen LogP contribution >= 0.6 is 15.9 Å². The van der Waals surface area contributed by atoms with E-state index >= 15 is 0 Å². The molecule has 0 amide bonds. The van der Waals surface area contributed by atoms with Gasteiger partial charge in [0.15, 0.2) is 11.5 Å². The summed E-state index contributed by atoms with van der Waals surface area (Å²) in [6.45, 7) is 2.00. The standard InChI is InChI=1S/C19H17BrO3/c1-4-5-12-6-8-15-14(10-12)18(20)19(23-15)13-7-9-16(21-2)17(11-13)22-3/h4-11H,1-3H3. The summed E-state index contributed by atoms with van der Waals surface area (Å²) in [5, 5.41) is 1.05. The second-order valence-electron chi connectivity index (χ2n) is 5.07. The highest BCUT2D eigenvalue weighted by Crippen LogP contribution is 2.40. The van der Waals surface area contributed by atoms with Crippen LogP contribution in [-0.4, -0.2) is 14.2 Å². The molecule has 4 heteroatoms. The lowest BCUT2D eigenvalue weighted by Crippen LogP contribution is -1.90.